The number of hydrogen-bond acceptors (Lipinski definition) is 4. The van der Waals surface area contributed by atoms with Crippen LogP contribution in [0.3, 0.4) is 0 Å². The Hall–Kier alpha value is -3.59. The third-order valence-electron chi connectivity index (χ3n) is 5.48. The third-order valence-corrected chi connectivity index (χ3v) is 5.48. The van der Waals surface area contributed by atoms with Crippen molar-refractivity contribution in [3.05, 3.63) is 70.3 Å². The van der Waals surface area contributed by atoms with Gasteiger partial charge in [0.25, 0.3) is 0 Å². The number of nitrogens with one attached hydrogen (secondary N) is 1. The lowest BCUT2D eigenvalue weighted by atomic mass is 9.95. The van der Waals surface area contributed by atoms with Gasteiger partial charge in [-0.2, -0.15) is 5.26 Å². The van der Waals surface area contributed by atoms with Crippen molar-refractivity contribution >= 4 is 16.7 Å². The van der Waals surface area contributed by atoms with Gasteiger partial charge in [-0.25, -0.2) is 9.78 Å². The Balaban J connectivity index is 1.82. The highest BCUT2D eigenvalue weighted by Gasteiger charge is 2.19. The zero-order valence-electron chi connectivity index (χ0n) is 18.6. The smallest absolute Gasteiger partial charge is 0.330 e. The fourth-order valence-corrected chi connectivity index (χ4v) is 3.92. The molecule has 3 aromatic rings. The van der Waals surface area contributed by atoms with Gasteiger partial charge >= 0.3 is 5.69 Å². The van der Waals surface area contributed by atoms with E-state index < -0.39 is 0 Å². The fourth-order valence-electron chi connectivity index (χ4n) is 3.92. The van der Waals surface area contributed by atoms with Crippen LogP contribution in [-0.4, -0.2) is 20.2 Å². The number of pyridine rings is 1. The molecule has 2 aromatic heterocycles. The quantitative estimate of drug-likeness (QED) is 0.700. The van der Waals surface area contributed by atoms with Crippen LogP contribution in [0.2, 0.25) is 0 Å². The summed E-state index contributed by atoms with van der Waals surface area (Å²) >= 11 is 0. The first-order chi connectivity index (χ1) is 14.7. The lowest BCUT2D eigenvalue weighted by molar-refractivity contribution is 0.342. The standard InChI is InChI=1S/C25H27N5O/c1-16-6-7-17(18-10-11-27-19(12-18)14-26)13-20(16)21-8-9-22-23(28-21)29(5)24(31)30(22)15-25(2,3)4/h6-13,19,27H,15H2,1-5H3. The molecule has 6 heteroatoms. The first-order valence-corrected chi connectivity index (χ1v) is 10.4. The highest BCUT2D eigenvalue weighted by Crippen LogP contribution is 2.29. The van der Waals surface area contributed by atoms with E-state index in [1.807, 2.05) is 28.9 Å². The molecule has 0 saturated carbocycles. The molecule has 0 spiro atoms. The molecule has 0 saturated heterocycles. The zero-order valence-corrected chi connectivity index (χ0v) is 18.6. The van der Waals surface area contributed by atoms with E-state index in [-0.39, 0.29) is 17.1 Å². The fraction of sp³-hybridized carbons (Fsp3) is 0.320. The zero-order chi connectivity index (χ0) is 22.3. The van der Waals surface area contributed by atoms with Crippen LogP contribution in [0.15, 0.2) is 53.5 Å². The number of nitriles is 1. The van der Waals surface area contributed by atoms with E-state index >= 15 is 0 Å². The number of benzene rings is 1. The van der Waals surface area contributed by atoms with Gasteiger partial charge in [0, 0.05) is 19.2 Å². The molecule has 1 aliphatic rings. The van der Waals surface area contributed by atoms with E-state index in [2.05, 4.69) is 57.3 Å². The van der Waals surface area contributed by atoms with Crippen molar-refractivity contribution in [2.75, 3.05) is 0 Å². The maximum Gasteiger partial charge on any atom is 0.330 e. The summed E-state index contributed by atoms with van der Waals surface area (Å²) in [5.74, 6) is 0. The summed E-state index contributed by atoms with van der Waals surface area (Å²) in [4.78, 5) is 17.7. The normalized spacial score (nSPS) is 16.1. The second-order valence-electron chi connectivity index (χ2n) is 9.29. The van der Waals surface area contributed by atoms with Crippen LogP contribution in [0.25, 0.3) is 28.0 Å². The first-order valence-electron chi connectivity index (χ1n) is 10.4. The van der Waals surface area contributed by atoms with Crippen LogP contribution in [-0.2, 0) is 13.6 Å². The number of hydrogen-bond donors (Lipinski definition) is 1. The van der Waals surface area contributed by atoms with Crippen LogP contribution >= 0.6 is 0 Å². The van der Waals surface area contributed by atoms with Crippen LogP contribution in [0.5, 0.6) is 0 Å². The van der Waals surface area contributed by atoms with Gasteiger partial charge < -0.3 is 5.32 Å². The Morgan fingerprint density at radius 3 is 2.71 bits per heavy atom. The maximum absolute atomic E-state index is 12.8. The molecule has 158 valence electrons. The number of aryl methyl sites for hydroxylation is 2. The lowest BCUT2D eigenvalue weighted by Crippen LogP contribution is -2.27. The first kappa shape index (κ1) is 20.7. The molecule has 0 radical (unpaired) electrons. The minimum Gasteiger partial charge on any atom is -0.373 e. The molecule has 0 amide bonds. The SMILES string of the molecule is Cc1ccc(C2=CC(C#N)NC=C2)cc1-c1ccc2c(n1)n(C)c(=O)n2CC(C)(C)C. The van der Waals surface area contributed by atoms with Crippen molar-refractivity contribution in [3.63, 3.8) is 0 Å². The molecular formula is C25H27N5O. The van der Waals surface area contributed by atoms with Crippen LogP contribution in [0, 0.1) is 23.7 Å². The van der Waals surface area contributed by atoms with Gasteiger partial charge in [-0.15, -0.1) is 0 Å². The maximum atomic E-state index is 12.8. The Labute approximate surface area is 182 Å². The molecule has 1 atom stereocenters. The number of rotatable bonds is 3. The van der Waals surface area contributed by atoms with Gasteiger partial charge in [0.2, 0.25) is 0 Å². The van der Waals surface area contributed by atoms with Gasteiger partial charge in [0.15, 0.2) is 5.65 Å². The summed E-state index contributed by atoms with van der Waals surface area (Å²) in [6.45, 7) is 9.05. The molecule has 6 nitrogen and oxygen atoms in total. The van der Waals surface area contributed by atoms with Crippen molar-refractivity contribution in [3.8, 4) is 17.3 Å². The Morgan fingerprint density at radius 1 is 1.23 bits per heavy atom. The monoisotopic (exact) mass is 413 g/mol. The highest BCUT2D eigenvalue weighted by molar-refractivity contribution is 5.81. The molecule has 4 rings (SSSR count). The van der Waals surface area contributed by atoms with Crippen molar-refractivity contribution in [1.82, 2.24) is 19.4 Å². The van der Waals surface area contributed by atoms with Crippen molar-refractivity contribution in [1.29, 1.82) is 5.26 Å². The topological polar surface area (TPSA) is 75.6 Å². The second kappa shape index (κ2) is 7.59. The minimum atomic E-state index is -0.337. The van der Waals surface area contributed by atoms with E-state index in [0.717, 1.165) is 33.5 Å². The molecule has 1 aromatic carbocycles. The lowest BCUT2D eigenvalue weighted by Gasteiger charge is -2.18. The summed E-state index contributed by atoms with van der Waals surface area (Å²) in [7, 11) is 1.77. The third kappa shape index (κ3) is 3.91. The highest BCUT2D eigenvalue weighted by atomic mass is 16.1. The summed E-state index contributed by atoms with van der Waals surface area (Å²) in [6.07, 6.45) is 5.69. The van der Waals surface area contributed by atoms with Gasteiger partial charge in [-0.05, 0) is 65.6 Å². The molecule has 0 bridgehead atoms. The Morgan fingerprint density at radius 2 is 2.00 bits per heavy atom. The van der Waals surface area contributed by atoms with Crippen LogP contribution in [0.1, 0.15) is 31.9 Å². The van der Waals surface area contributed by atoms with Gasteiger partial charge in [0.05, 0.1) is 17.3 Å². The predicted octanol–water partition coefficient (Wildman–Crippen LogP) is 4.15. The van der Waals surface area contributed by atoms with Gasteiger partial charge in [0.1, 0.15) is 6.04 Å². The summed E-state index contributed by atoms with van der Waals surface area (Å²) in [5, 5.41) is 12.2. The number of nitrogens with zero attached hydrogens (tertiary/aromatic N) is 4. The van der Waals surface area contributed by atoms with Crippen molar-refractivity contribution < 1.29 is 0 Å². The number of imidazole rings is 1. The molecular weight excluding hydrogens is 386 g/mol. The van der Waals surface area contributed by atoms with E-state index in [0.29, 0.717) is 12.2 Å². The average Bonchev–Trinajstić information content (AvgIpc) is 2.97. The summed E-state index contributed by atoms with van der Waals surface area (Å²) in [6, 6.07) is 12.1. The molecule has 3 heterocycles. The number of fused-ring (bicyclic) bond motifs is 1. The minimum absolute atomic E-state index is 0.0148. The predicted molar refractivity (Wildman–Crippen MR) is 124 cm³/mol. The van der Waals surface area contributed by atoms with Gasteiger partial charge in [-0.1, -0.05) is 32.9 Å². The molecule has 1 aliphatic heterocycles. The molecule has 1 N–H and O–H groups in total. The largest absolute Gasteiger partial charge is 0.373 e. The van der Waals surface area contributed by atoms with Crippen molar-refractivity contribution in [2.45, 2.75) is 40.3 Å². The molecule has 31 heavy (non-hydrogen) atoms. The molecule has 0 aliphatic carbocycles. The Bertz CT molecular complexity index is 1320. The Kier molecular flexibility index (Phi) is 5.06. The van der Waals surface area contributed by atoms with E-state index in [1.165, 1.54) is 0 Å². The van der Waals surface area contributed by atoms with Crippen LogP contribution < -0.4 is 11.0 Å². The summed E-state index contributed by atoms with van der Waals surface area (Å²) < 4.78 is 3.43. The van der Waals surface area contributed by atoms with E-state index in [4.69, 9.17) is 4.98 Å². The van der Waals surface area contributed by atoms with Crippen LogP contribution in [0.4, 0.5) is 0 Å². The average molecular weight is 414 g/mol. The molecule has 0 fully saturated rings. The summed E-state index contributed by atoms with van der Waals surface area (Å²) in [5.41, 5.74) is 6.43. The van der Waals surface area contributed by atoms with E-state index in [9.17, 15) is 10.1 Å². The number of dihydropyridines is 1. The number of allylic oxidation sites excluding steroid dienone is 2. The number of aromatic nitrogens is 3. The van der Waals surface area contributed by atoms with Gasteiger partial charge in [-0.3, -0.25) is 9.13 Å². The molecule has 1 unspecified atom stereocenters. The van der Waals surface area contributed by atoms with Crippen molar-refractivity contribution in [2.24, 2.45) is 12.5 Å². The second-order valence-corrected chi connectivity index (χ2v) is 9.29. The van der Waals surface area contributed by atoms with E-state index in [1.54, 1.807) is 17.8 Å².